The van der Waals surface area contributed by atoms with E-state index in [0.29, 0.717) is 6.54 Å². The van der Waals surface area contributed by atoms with Crippen molar-refractivity contribution in [2.24, 2.45) is 0 Å². The van der Waals surface area contributed by atoms with E-state index in [1.807, 2.05) is 67.6 Å². The van der Waals surface area contributed by atoms with E-state index in [1.165, 1.54) is 0 Å². The second kappa shape index (κ2) is 9.88. The van der Waals surface area contributed by atoms with Crippen molar-refractivity contribution < 1.29 is 4.79 Å². The van der Waals surface area contributed by atoms with Gasteiger partial charge >= 0.3 is 0 Å². The van der Waals surface area contributed by atoms with Gasteiger partial charge in [-0.25, -0.2) is 0 Å². The first-order chi connectivity index (χ1) is 12.4. The molecule has 0 bridgehead atoms. The highest BCUT2D eigenvalue weighted by Crippen LogP contribution is 2.32. The van der Waals surface area contributed by atoms with Crippen LogP contribution in [0.1, 0.15) is 36.9 Å². The number of hydrogen-bond acceptors (Lipinski definition) is 1. The van der Waals surface area contributed by atoms with E-state index in [-0.39, 0.29) is 0 Å². The Hall–Kier alpha value is -1.66. The monoisotopic (exact) mass is 407 g/mol. The number of unbranched alkanes of at least 4 members (excludes halogenated alkanes) is 1. The maximum absolute atomic E-state index is 12.8. The van der Waals surface area contributed by atoms with Crippen LogP contribution in [0.2, 0.25) is 0 Å². The first-order valence-corrected chi connectivity index (χ1v) is 9.56. The van der Waals surface area contributed by atoms with E-state index < -0.39 is 15.7 Å². The van der Waals surface area contributed by atoms with Crippen molar-refractivity contribution in [3.8, 4) is 11.8 Å². The van der Waals surface area contributed by atoms with Crippen LogP contribution in [0.15, 0.2) is 60.7 Å². The molecule has 1 atom stereocenters. The summed E-state index contributed by atoms with van der Waals surface area (Å²) in [6, 6.07) is 18.7. The van der Waals surface area contributed by atoms with Crippen molar-refractivity contribution >= 4 is 40.7 Å². The van der Waals surface area contributed by atoms with Gasteiger partial charge in [0.2, 0.25) is 0 Å². The van der Waals surface area contributed by atoms with Crippen LogP contribution in [0, 0.1) is 11.8 Å². The van der Waals surface area contributed by atoms with Gasteiger partial charge in [-0.1, -0.05) is 109 Å². The molecule has 0 fully saturated rings. The predicted octanol–water partition coefficient (Wildman–Crippen LogP) is 5.78. The van der Waals surface area contributed by atoms with Crippen molar-refractivity contribution in [3.05, 3.63) is 71.8 Å². The van der Waals surface area contributed by atoms with E-state index in [0.717, 1.165) is 24.0 Å². The van der Waals surface area contributed by atoms with Crippen molar-refractivity contribution in [2.45, 2.75) is 29.6 Å². The molecule has 0 aliphatic heterocycles. The molecule has 26 heavy (non-hydrogen) atoms. The zero-order valence-electron chi connectivity index (χ0n) is 14.5. The number of alkyl halides is 3. The van der Waals surface area contributed by atoms with Crippen molar-refractivity contribution in [1.29, 1.82) is 0 Å². The largest absolute Gasteiger partial charge is 0.321 e. The van der Waals surface area contributed by atoms with Gasteiger partial charge in [-0.15, -0.1) is 0 Å². The van der Waals surface area contributed by atoms with Gasteiger partial charge in [0, 0.05) is 12.1 Å². The second-order valence-corrected chi connectivity index (χ2v) is 8.08. The molecule has 2 aromatic carbocycles. The Morgan fingerprint density at radius 3 is 2.15 bits per heavy atom. The van der Waals surface area contributed by atoms with Gasteiger partial charge in [-0.3, -0.25) is 4.79 Å². The summed E-state index contributed by atoms with van der Waals surface area (Å²) in [5.41, 5.74) is 1.75. The molecule has 0 aliphatic rings. The topological polar surface area (TPSA) is 20.3 Å². The summed E-state index contributed by atoms with van der Waals surface area (Å²) in [4.78, 5) is 14.3. The molecule has 2 nitrogen and oxygen atoms in total. The summed E-state index contributed by atoms with van der Waals surface area (Å²) >= 11 is 17.7. The summed E-state index contributed by atoms with van der Waals surface area (Å²) in [5.74, 6) is 5.76. The fourth-order valence-electron chi connectivity index (χ4n) is 2.49. The lowest BCUT2D eigenvalue weighted by atomic mass is 10.0. The SMILES string of the molecule is CCCCN(C(=O)C(Cl)(Cl)Cl)C(C#Cc1ccccc1)c1ccccc1. The Balaban J connectivity index is 2.45. The van der Waals surface area contributed by atoms with E-state index in [1.54, 1.807) is 4.90 Å². The van der Waals surface area contributed by atoms with Gasteiger partial charge in [0.1, 0.15) is 6.04 Å². The Morgan fingerprint density at radius 2 is 1.62 bits per heavy atom. The molecule has 0 saturated carbocycles. The van der Waals surface area contributed by atoms with Crippen molar-refractivity contribution in [1.82, 2.24) is 4.90 Å². The molecular formula is C21H20Cl3NO. The minimum atomic E-state index is -2.02. The van der Waals surface area contributed by atoms with E-state index in [2.05, 4.69) is 11.8 Å². The van der Waals surface area contributed by atoms with Gasteiger partial charge in [0.05, 0.1) is 0 Å². The van der Waals surface area contributed by atoms with Crippen LogP contribution < -0.4 is 0 Å². The fraction of sp³-hybridized carbons (Fsp3) is 0.286. The van der Waals surface area contributed by atoms with Crippen LogP contribution in [0.4, 0.5) is 0 Å². The van der Waals surface area contributed by atoms with Gasteiger partial charge in [0.15, 0.2) is 0 Å². The standard InChI is InChI=1S/C21H20Cl3NO/c1-2-3-16-25(20(26)21(22,23)24)19(18-12-8-5-9-13-18)15-14-17-10-6-4-7-11-17/h4-13,19H,2-3,16H2,1H3. The first-order valence-electron chi connectivity index (χ1n) is 8.42. The van der Waals surface area contributed by atoms with Crippen LogP contribution in [0.3, 0.4) is 0 Å². The van der Waals surface area contributed by atoms with E-state index in [9.17, 15) is 4.79 Å². The fourth-order valence-corrected chi connectivity index (χ4v) is 2.81. The summed E-state index contributed by atoms with van der Waals surface area (Å²) < 4.78 is -2.02. The zero-order valence-corrected chi connectivity index (χ0v) is 16.7. The average molecular weight is 409 g/mol. The molecule has 1 unspecified atom stereocenters. The normalized spacial score (nSPS) is 12.0. The molecule has 1 amide bonds. The minimum absolute atomic E-state index is 0.465. The number of rotatable bonds is 5. The highest BCUT2D eigenvalue weighted by Gasteiger charge is 2.38. The Bertz CT molecular complexity index is 761. The minimum Gasteiger partial charge on any atom is -0.321 e. The average Bonchev–Trinajstić information content (AvgIpc) is 2.64. The first kappa shape index (κ1) is 20.6. The van der Waals surface area contributed by atoms with Gasteiger partial charge in [-0.05, 0) is 24.1 Å². The number of amides is 1. The molecule has 2 rings (SSSR count). The Labute approximate surface area is 170 Å². The Kier molecular flexibility index (Phi) is 7.85. The molecule has 2 aromatic rings. The van der Waals surface area contributed by atoms with E-state index >= 15 is 0 Å². The van der Waals surface area contributed by atoms with Crippen LogP contribution in [0.25, 0.3) is 0 Å². The van der Waals surface area contributed by atoms with Crippen LogP contribution >= 0.6 is 34.8 Å². The smallest absolute Gasteiger partial charge is 0.275 e. The molecule has 0 heterocycles. The summed E-state index contributed by atoms with van der Waals surface area (Å²) in [5, 5.41) is 0. The molecule has 0 radical (unpaired) electrons. The van der Waals surface area contributed by atoms with Gasteiger partial charge < -0.3 is 4.90 Å². The van der Waals surface area contributed by atoms with Gasteiger partial charge in [0.25, 0.3) is 9.70 Å². The van der Waals surface area contributed by atoms with Gasteiger partial charge in [-0.2, -0.15) is 0 Å². The predicted molar refractivity (Wildman–Crippen MR) is 109 cm³/mol. The molecular weight excluding hydrogens is 389 g/mol. The number of carbonyl (C=O) groups excluding carboxylic acids is 1. The summed E-state index contributed by atoms with van der Waals surface area (Å²) in [7, 11) is 0. The summed E-state index contributed by atoms with van der Waals surface area (Å²) in [6.07, 6.45) is 1.71. The molecule has 0 saturated heterocycles. The Morgan fingerprint density at radius 1 is 1.04 bits per heavy atom. The lowest BCUT2D eigenvalue weighted by Gasteiger charge is -2.31. The van der Waals surface area contributed by atoms with E-state index in [4.69, 9.17) is 34.8 Å². The van der Waals surface area contributed by atoms with Crippen LogP contribution in [0.5, 0.6) is 0 Å². The number of carbonyl (C=O) groups is 1. The van der Waals surface area contributed by atoms with Crippen molar-refractivity contribution in [2.75, 3.05) is 6.54 Å². The molecule has 5 heteroatoms. The molecule has 0 aliphatic carbocycles. The maximum atomic E-state index is 12.8. The third-order valence-electron chi connectivity index (χ3n) is 3.81. The summed E-state index contributed by atoms with van der Waals surface area (Å²) in [6.45, 7) is 2.51. The number of hydrogen-bond donors (Lipinski definition) is 0. The quantitative estimate of drug-likeness (QED) is 0.454. The maximum Gasteiger partial charge on any atom is 0.275 e. The highest BCUT2D eigenvalue weighted by atomic mass is 35.6. The zero-order chi connectivity index (χ0) is 19.0. The van der Waals surface area contributed by atoms with Crippen molar-refractivity contribution in [3.63, 3.8) is 0 Å². The molecule has 0 aromatic heterocycles. The molecule has 0 spiro atoms. The molecule has 136 valence electrons. The lowest BCUT2D eigenvalue weighted by molar-refractivity contribution is -0.131. The third kappa shape index (κ3) is 5.95. The number of nitrogens with zero attached hydrogens (tertiary/aromatic N) is 1. The van der Waals surface area contributed by atoms with Crippen LogP contribution in [-0.2, 0) is 4.79 Å². The third-order valence-corrected chi connectivity index (χ3v) is 4.29. The molecule has 0 N–H and O–H groups in total. The number of benzene rings is 2. The number of halogens is 3. The highest BCUT2D eigenvalue weighted by molar-refractivity contribution is 6.76. The lowest BCUT2D eigenvalue weighted by Crippen LogP contribution is -2.42. The second-order valence-electron chi connectivity index (χ2n) is 5.80. The van der Waals surface area contributed by atoms with Crippen LogP contribution in [-0.4, -0.2) is 21.1 Å².